The van der Waals surface area contributed by atoms with Crippen molar-refractivity contribution in [1.82, 2.24) is 14.6 Å². The Balaban J connectivity index is 1.96. The van der Waals surface area contributed by atoms with Gasteiger partial charge in [-0.15, -0.1) is 10.2 Å². The summed E-state index contributed by atoms with van der Waals surface area (Å²) in [4.78, 5) is 11.8. The first-order valence-corrected chi connectivity index (χ1v) is 6.82. The number of nitrogens with zero attached hydrogens (tertiary/aromatic N) is 3. The smallest absolute Gasteiger partial charge is 0.355 e. The number of aromatic nitrogens is 3. The van der Waals surface area contributed by atoms with Gasteiger partial charge in [-0.2, -0.15) is 0 Å². The average molecular weight is 275 g/mol. The zero-order valence-corrected chi connectivity index (χ0v) is 11.4. The standard InChI is InChI=1S/C14H17N3O3/c1-19-14(18)11-6-4-7-12-15-16-13(17(11)12)9-10-5-2-3-8-20-10/h4,6-7,10H,2-3,5,8-9H2,1H3. The molecule has 2 aromatic rings. The van der Waals surface area contributed by atoms with E-state index in [2.05, 4.69) is 10.2 Å². The van der Waals surface area contributed by atoms with Crippen molar-refractivity contribution in [2.24, 2.45) is 0 Å². The second-order valence-corrected chi connectivity index (χ2v) is 4.91. The van der Waals surface area contributed by atoms with Gasteiger partial charge in [0.2, 0.25) is 0 Å². The Bertz CT molecular complexity index is 617. The molecule has 0 amide bonds. The first kappa shape index (κ1) is 13.1. The van der Waals surface area contributed by atoms with Crippen LogP contribution in [0.4, 0.5) is 0 Å². The lowest BCUT2D eigenvalue weighted by Crippen LogP contribution is -2.23. The molecule has 1 fully saturated rings. The molecule has 3 rings (SSSR count). The second kappa shape index (κ2) is 5.58. The summed E-state index contributed by atoms with van der Waals surface area (Å²) in [5.74, 6) is 0.356. The fraction of sp³-hybridized carbons (Fsp3) is 0.500. The summed E-state index contributed by atoms with van der Waals surface area (Å²) in [6, 6.07) is 5.31. The third-order valence-corrected chi connectivity index (χ3v) is 3.57. The van der Waals surface area contributed by atoms with Crippen molar-refractivity contribution in [3.63, 3.8) is 0 Å². The molecule has 20 heavy (non-hydrogen) atoms. The molecule has 6 nitrogen and oxygen atoms in total. The van der Waals surface area contributed by atoms with Gasteiger partial charge in [-0.05, 0) is 31.4 Å². The zero-order valence-electron chi connectivity index (χ0n) is 11.4. The van der Waals surface area contributed by atoms with E-state index in [1.165, 1.54) is 13.5 Å². The van der Waals surface area contributed by atoms with Crippen LogP contribution in [0.1, 0.15) is 35.6 Å². The predicted molar refractivity (Wildman–Crippen MR) is 71.6 cm³/mol. The molecule has 3 heterocycles. The Morgan fingerprint density at radius 3 is 3.10 bits per heavy atom. The van der Waals surface area contributed by atoms with E-state index in [4.69, 9.17) is 9.47 Å². The fourth-order valence-electron chi connectivity index (χ4n) is 2.57. The van der Waals surface area contributed by atoms with Crippen LogP contribution in [0.15, 0.2) is 18.2 Å². The molecule has 1 saturated heterocycles. The van der Waals surface area contributed by atoms with Gasteiger partial charge < -0.3 is 9.47 Å². The van der Waals surface area contributed by atoms with Crippen LogP contribution in [-0.4, -0.2) is 40.4 Å². The number of methoxy groups -OCH3 is 1. The molecule has 0 radical (unpaired) electrons. The van der Waals surface area contributed by atoms with Crippen LogP contribution in [0.2, 0.25) is 0 Å². The van der Waals surface area contributed by atoms with E-state index in [0.29, 0.717) is 17.8 Å². The number of fused-ring (bicyclic) bond motifs is 1. The monoisotopic (exact) mass is 275 g/mol. The lowest BCUT2D eigenvalue weighted by Gasteiger charge is -2.21. The topological polar surface area (TPSA) is 65.7 Å². The van der Waals surface area contributed by atoms with Crippen molar-refractivity contribution in [3.05, 3.63) is 29.7 Å². The lowest BCUT2D eigenvalue weighted by molar-refractivity contribution is 0.0154. The molecule has 6 heteroatoms. The van der Waals surface area contributed by atoms with Crippen LogP contribution < -0.4 is 0 Å². The van der Waals surface area contributed by atoms with E-state index in [9.17, 15) is 4.79 Å². The molecule has 0 saturated carbocycles. The van der Waals surface area contributed by atoms with Crippen molar-refractivity contribution in [2.45, 2.75) is 31.8 Å². The molecule has 0 N–H and O–H groups in total. The largest absolute Gasteiger partial charge is 0.464 e. The highest BCUT2D eigenvalue weighted by atomic mass is 16.5. The summed E-state index contributed by atoms with van der Waals surface area (Å²) in [5, 5.41) is 8.30. The summed E-state index contributed by atoms with van der Waals surface area (Å²) < 4.78 is 12.3. The number of hydrogen-bond acceptors (Lipinski definition) is 5. The van der Waals surface area contributed by atoms with Gasteiger partial charge in [-0.3, -0.25) is 4.40 Å². The Hall–Kier alpha value is -1.95. The van der Waals surface area contributed by atoms with Crippen LogP contribution in [0.25, 0.3) is 5.65 Å². The predicted octanol–water partition coefficient (Wildman–Crippen LogP) is 1.63. The number of hydrogen-bond donors (Lipinski definition) is 0. The molecule has 106 valence electrons. The minimum Gasteiger partial charge on any atom is -0.464 e. The molecule has 0 aromatic carbocycles. The van der Waals surface area contributed by atoms with Crippen LogP contribution in [0.3, 0.4) is 0 Å². The average Bonchev–Trinajstić information content (AvgIpc) is 2.91. The van der Waals surface area contributed by atoms with Gasteiger partial charge in [0.15, 0.2) is 5.65 Å². The highest BCUT2D eigenvalue weighted by molar-refractivity contribution is 5.88. The lowest BCUT2D eigenvalue weighted by atomic mass is 10.1. The van der Waals surface area contributed by atoms with E-state index in [1.807, 2.05) is 6.07 Å². The summed E-state index contributed by atoms with van der Waals surface area (Å²) >= 11 is 0. The summed E-state index contributed by atoms with van der Waals surface area (Å²) in [5.41, 5.74) is 1.10. The van der Waals surface area contributed by atoms with Gasteiger partial charge in [0, 0.05) is 13.0 Å². The molecular formula is C14H17N3O3. The van der Waals surface area contributed by atoms with Crippen LogP contribution in [0.5, 0.6) is 0 Å². The van der Waals surface area contributed by atoms with Crippen molar-refractivity contribution < 1.29 is 14.3 Å². The summed E-state index contributed by atoms with van der Waals surface area (Å²) in [7, 11) is 1.37. The third-order valence-electron chi connectivity index (χ3n) is 3.57. The first-order valence-electron chi connectivity index (χ1n) is 6.82. The zero-order chi connectivity index (χ0) is 13.9. The fourth-order valence-corrected chi connectivity index (χ4v) is 2.57. The molecule has 0 spiro atoms. The summed E-state index contributed by atoms with van der Waals surface area (Å²) in [6.07, 6.45) is 4.13. The van der Waals surface area contributed by atoms with Gasteiger partial charge >= 0.3 is 5.97 Å². The van der Waals surface area contributed by atoms with Gasteiger partial charge in [0.1, 0.15) is 11.5 Å². The summed E-state index contributed by atoms with van der Waals surface area (Å²) in [6.45, 7) is 0.797. The molecular weight excluding hydrogens is 258 g/mol. The number of esters is 1. The molecule has 1 aliphatic heterocycles. The Kier molecular flexibility index (Phi) is 3.64. The number of carbonyl (C=O) groups excluding carboxylic acids is 1. The third kappa shape index (κ3) is 2.38. The van der Waals surface area contributed by atoms with E-state index in [1.54, 1.807) is 16.5 Å². The SMILES string of the molecule is COC(=O)c1cccc2nnc(CC3CCCCO3)n12. The van der Waals surface area contributed by atoms with Gasteiger partial charge in [-0.25, -0.2) is 4.79 Å². The van der Waals surface area contributed by atoms with Crippen molar-refractivity contribution in [1.29, 1.82) is 0 Å². The quantitative estimate of drug-likeness (QED) is 0.796. The second-order valence-electron chi connectivity index (χ2n) is 4.91. The van der Waals surface area contributed by atoms with Crippen LogP contribution in [0, 0.1) is 0 Å². The van der Waals surface area contributed by atoms with Crippen molar-refractivity contribution in [3.8, 4) is 0 Å². The Morgan fingerprint density at radius 1 is 1.45 bits per heavy atom. The van der Waals surface area contributed by atoms with Crippen molar-refractivity contribution in [2.75, 3.05) is 13.7 Å². The van der Waals surface area contributed by atoms with E-state index < -0.39 is 0 Å². The minimum atomic E-state index is -0.388. The molecule has 1 aliphatic rings. The molecule has 1 unspecified atom stereocenters. The molecule has 0 bridgehead atoms. The molecule has 1 atom stereocenters. The number of pyridine rings is 1. The minimum absolute atomic E-state index is 0.154. The van der Waals surface area contributed by atoms with E-state index in [0.717, 1.165) is 25.3 Å². The maximum Gasteiger partial charge on any atom is 0.355 e. The van der Waals surface area contributed by atoms with Gasteiger partial charge in [-0.1, -0.05) is 6.07 Å². The Labute approximate surface area is 116 Å². The van der Waals surface area contributed by atoms with Crippen molar-refractivity contribution >= 4 is 11.6 Å². The number of ether oxygens (including phenoxy) is 2. The maximum atomic E-state index is 11.8. The van der Waals surface area contributed by atoms with Gasteiger partial charge in [0.25, 0.3) is 0 Å². The number of rotatable bonds is 3. The highest BCUT2D eigenvalue weighted by Crippen LogP contribution is 2.18. The van der Waals surface area contributed by atoms with Gasteiger partial charge in [0.05, 0.1) is 13.2 Å². The highest BCUT2D eigenvalue weighted by Gasteiger charge is 2.20. The maximum absolute atomic E-state index is 11.8. The van der Waals surface area contributed by atoms with Crippen LogP contribution >= 0.6 is 0 Å². The first-order chi connectivity index (χ1) is 9.79. The molecule has 0 aliphatic carbocycles. The number of carbonyl (C=O) groups is 1. The van der Waals surface area contributed by atoms with E-state index in [-0.39, 0.29) is 12.1 Å². The van der Waals surface area contributed by atoms with E-state index >= 15 is 0 Å². The molecule has 2 aromatic heterocycles. The van der Waals surface area contributed by atoms with Crippen LogP contribution in [-0.2, 0) is 15.9 Å². The Morgan fingerprint density at radius 2 is 2.35 bits per heavy atom. The normalized spacial score (nSPS) is 19.1.